The van der Waals surface area contributed by atoms with Crippen LogP contribution in [0, 0.1) is 13.8 Å². The zero-order valence-electron chi connectivity index (χ0n) is 11.0. The molecule has 2 aromatic rings. The molecule has 7 nitrogen and oxygen atoms in total. The van der Waals surface area contributed by atoms with E-state index in [-0.39, 0.29) is 18.0 Å². The van der Waals surface area contributed by atoms with E-state index in [9.17, 15) is 4.79 Å². The van der Waals surface area contributed by atoms with Crippen LogP contribution in [-0.2, 0) is 4.74 Å². The predicted octanol–water partition coefficient (Wildman–Crippen LogP) is 1.24. The van der Waals surface area contributed by atoms with Crippen LogP contribution in [0.2, 0.25) is 0 Å². The summed E-state index contributed by atoms with van der Waals surface area (Å²) in [5.74, 6) is -0.0313. The van der Waals surface area contributed by atoms with Crippen LogP contribution in [0.25, 0.3) is 11.5 Å². The molecule has 0 spiro atoms. The molecule has 0 fully saturated rings. The summed E-state index contributed by atoms with van der Waals surface area (Å²) in [6.07, 6.45) is 0. The lowest BCUT2D eigenvalue weighted by Crippen LogP contribution is -2.09. The Morgan fingerprint density at radius 1 is 1.37 bits per heavy atom. The lowest BCUT2D eigenvalue weighted by Gasteiger charge is -2.04. The number of nitrogens with two attached hydrogens (primary N) is 1. The monoisotopic (exact) mass is 261 g/mol. The average Bonchev–Trinajstić information content (AvgIpc) is 2.70. The van der Waals surface area contributed by atoms with Crippen molar-refractivity contribution in [2.24, 2.45) is 0 Å². The Morgan fingerprint density at radius 2 is 2.00 bits per heavy atom. The van der Waals surface area contributed by atoms with Crippen LogP contribution in [0.3, 0.4) is 0 Å². The van der Waals surface area contributed by atoms with Gasteiger partial charge in [0.2, 0.25) is 0 Å². The molecule has 0 aliphatic carbocycles. The number of carbonyl (C=O) groups excluding carboxylic acids is 1. The molecule has 0 amide bonds. The lowest BCUT2D eigenvalue weighted by molar-refractivity contribution is 0.0528. The largest absolute Gasteiger partial charge is 0.462 e. The Balaban J connectivity index is 2.53. The van der Waals surface area contributed by atoms with Crippen LogP contribution in [0.4, 0.5) is 5.82 Å². The molecule has 2 aromatic heterocycles. The predicted molar refractivity (Wildman–Crippen MR) is 69.5 cm³/mol. The third-order valence-electron chi connectivity index (χ3n) is 2.47. The molecule has 0 atom stereocenters. The number of anilines is 1. The summed E-state index contributed by atoms with van der Waals surface area (Å²) in [4.78, 5) is 20.4. The van der Waals surface area contributed by atoms with Gasteiger partial charge in [0.05, 0.1) is 6.61 Å². The van der Waals surface area contributed by atoms with E-state index in [1.165, 1.54) is 0 Å². The summed E-state index contributed by atoms with van der Waals surface area (Å²) in [6.45, 7) is 5.67. The molecule has 2 heterocycles. The van der Waals surface area contributed by atoms with Gasteiger partial charge in [-0.2, -0.15) is 5.10 Å². The fourth-order valence-corrected chi connectivity index (χ4v) is 1.76. The van der Waals surface area contributed by atoms with Crippen LogP contribution in [0.1, 0.15) is 28.7 Å². The van der Waals surface area contributed by atoms with E-state index in [1.807, 2.05) is 19.9 Å². The highest BCUT2D eigenvalue weighted by atomic mass is 16.5. The number of aromatic nitrogens is 4. The van der Waals surface area contributed by atoms with Crippen molar-refractivity contribution in [2.75, 3.05) is 12.3 Å². The first-order valence-corrected chi connectivity index (χ1v) is 5.86. The molecule has 0 unspecified atom stereocenters. The highest BCUT2D eigenvalue weighted by molar-refractivity contribution is 5.99. The normalized spacial score (nSPS) is 10.5. The molecule has 0 saturated heterocycles. The van der Waals surface area contributed by atoms with Crippen LogP contribution < -0.4 is 5.73 Å². The second-order valence-electron chi connectivity index (χ2n) is 4.06. The number of aryl methyl sites for hydroxylation is 2. The number of nitrogens with one attached hydrogen (secondary N) is 1. The molecule has 100 valence electrons. The van der Waals surface area contributed by atoms with E-state index in [0.717, 1.165) is 11.4 Å². The number of nitrogens with zero attached hydrogens (tertiary/aromatic N) is 3. The molecule has 19 heavy (non-hydrogen) atoms. The minimum Gasteiger partial charge on any atom is -0.462 e. The number of H-pyrrole nitrogens is 1. The fraction of sp³-hybridized carbons (Fsp3) is 0.333. The molecule has 0 bridgehead atoms. The number of ether oxygens (including phenoxy) is 1. The van der Waals surface area contributed by atoms with Crippen molar-refractivity contribution < 1.29 is 9.53 Å². The maximum absolute atomic E-state index is 11.9. The summed E-state index contributed by atoms with van der Waals surface area (Å²) in [5.41, 5.74) is 7.77. The summed E-state index contributed by atoms with van der Waals surface area (Å²) in [6, 6.07) is 1.84. The molecule has 0 aliphatic heterocycles. The third-order valence-corrected chi connectivity index (χ3v) is 2.47. The zero-order valence-corrected chi connectivity index (χ0v) is 11.0. The molecular weight excluding hydrogens is 246 g/mol. The van der Waals surface area contributed by atoms with Gasteiger partial charge < -0.3 is 10.5 Å². The maximum atomic E-state index is 11.9. The van der Waals surface area contributed by atoms with E-state index in [0.29, 0.717) is 11.5 Å². The molecule has 0 aliphatic rings. The number of hydrogen-bond acceptors (Lipinski definition) is 6. The third kappa shape index (κ3) is 2.54. The van der Waals surface area contributed by atoms with Gasteiger partial charge in [-0.3, -0.25) is 5.10 Å². The highest BCUT2D eigenvalue weighted by Gasteiger charge is 2.23. The summed E-state index contributed by atoms with van der Waals surface area (Å²) in [5, 5.41) is 6.56. The Labute approximate surface area is 110 Å². The van der Waals surface area contributed by atoms with Crippen LogP contribution in [0.5, 0.6) is 0 Å². The Kier molecular flexibility index (Phi) is 3.46. The van der Waals surface area contributed by atoms with Gasteiger partial charge in [-0.1, -0.05) is 0 Å². The van der Waals surface area contributed by atoms with Gasteiger partial charge in [0.1, 0.15) is 17.1 Å². The van der Waals surface area contributed by atoms with Crippen molar-refractivity contribution in [3.63, 3.8) is 0 Å². The Hall–Kier alpha value is -2.44. The van der Waals surface area contributed by atoms with E-state index in [1.54, 1.807) is 6.92 Å². The lowest BCUT2D eigenvalue weighted by atomic mass is 10.2. The first-order chi connectivity index (χ1) is 9.02. The molecule has 7 heteroatoms. The SMILES string of the molecule is CCOC(=O)c1c(-c2nc(C)cc(C)n2)n[nH]c1N. The average molecular weight is 261 g/mol. The smallest absolute Gasteiger partial charge is 0.344 e. The minimum atomic E-state index is -0.536. The molecule has 2 rings (SSSR count). The van der Waals surface area contributed by atoms with Crippen molar-refractivity contribution in [2.45, 2.75) is 20.8 Å². The van der Waals surface area contributed by atoms with E-state index >= 15 is 0 Å². The van der Waals surface area contributed by atoms with Crippen molar-refractivity contribution in [3.8, 4) is 11.5 Å². The van der Waals surface area contributed by atoms with Crippen molar-refractivity contribution in [3.05, 3.63) is 23.0 Å². The summed E-state index contributed by atoms with van der Waals surface area (Å²) >= 11 is 0. The van der Waals surface area contributed by atoms with Crippen LogP contribution in [0.15, 0.2) is 6.07 Å². The first kappa shape index (κ1) is 13.0. The molecule has 0 saturated carbocycles. The van der Waals surface area contributed by atoms with Crippen molar-refractivity contribution >= 4 is 11.8 Å². The Morgan fingerprint density at radius 3 is 2.58 bits per heavy atom. The molecule has 3 N–H and O–H groups in total. The maximum Gasteiger partial charge on any atom is 0.344 e. The van der Waals surface area contributed by atoms with Crippen molar-refractivity contribution in [1.82, 2.24) is 20.2 Å². The van der Waals surface area contributed by atoms with Crippen LogP contribution >= 0.6 is 0 Å². The number of aromatic amines is 1. The van der Waals surface area contributed by atoms with Gasteiger partial charge >= 0.3 is 5.97 Å². The number of nitrogen functional groups attached to an aromatic ring is 1. The number of hydrogen-bond donors (Lipinski definition) is 2. The van der Waals surface area contributed by atoms with Gasteiger partial charge in [-0.25, -0.2) is 14.8 Å². The van der Waals surface area contributed by atoms with Gasteiger partial charge in [0.25, 0.3) is 0 Å². The van der Waals surface area contributed by atoms with E-state index in [4.69, 9.17) is 10.5 Å². The number of esters is 1. The topological polar surface area (TPSA) is 107 Å². The molecular formula is C12H15N5O2. The van der Waals surface area contributed by atoms with E-state index in [2.05, 4.69) is 20.2 Å². The van der Waals surface area contributed by atoms with Crippen LogP contribution in [-0.4, -0.2) is 32.7 Å². The zero-order chi connectivity index (χ0) is 14.0. The highest BCUT2D eigenvalue weighted by Crippen LogP contribution is 2.23. The summed E-state index contributed by atoms with van der Waals surface area (Å²) in [7, 11) is 0. The van der Waals surface area contributed by atoms with E-state index < -0.39 is 5.97 Å². The standard InChI is InChI=1S/C12H15N5O2/c1-4-19-12(18)8-9(16-17-10(8)13)11-14-6(2)5-7(3)15-11/h5H,4H2,1-3H3,(H3,13,16,17). The Bertz CT molecular complexity index is 600. The fourth-order valence-electron chi connectivity index (χ4n) is 1.76. The van der Waals surface area contributed by atoms with Crippen molar-refractivity contribution in [1.29, 1.82) is 0 Å². The summed E-state index contributed by atoms with van der Waals surface area (Å²) < 4.78 is 4.96. The number of rotatable bonds is 3. The van der Waals surface area contributed by atoms with Gasteiger partial charge in [0, 0.05) is 11.4 Å². The first-order valence-electron chi connectivity index (χ1n) is 5.86. The number of carbonyl (C=O) groups is 1. The van der Waals surface area contributed by atoms with Gasteiger partial charge in [-0.15, -0.1) is 0 Å². The second-order valence-corrected chi connectivity index (χ2v) is 4.06. The minimum absolute atomic E-state index is 0.149. The molecule has 0 aromatic carbocycles. The van der Waals surface area contributed by atoms with Gasteiger partial charge in [-0.05, 0) is 26.8 Å². The second kappa shape index (κ2) is 5.05. The molecule has 0 radical (unpaired) electrons. The quantitative estimate of drug-likeness (QED) is 0.805. The van der Waals surface area contributed by atoms with Gasteiger partial charge in [0.15, 0.2) is 5.82 Å².